The largest absolute Gasteiger partial charge is 0.481 e. The summed E-state index contributed by atoms with van der Waals surface area (Å²) in [4.78, 5) is 32.8. The van der Waals surface area contributed by atoms with Crippen LogP contribution in [0.2, 0.25) is 0 Å². The van der Waals surface area contributed by atoms with Gasteiger partial charge in [0.25, 0.3) is 5.91 Å². The first-order chi connectivity index (χ1) is 11.1. The highest BCUT2D eigenvalue weighted by Crippen LogP contribution is 2.31. The average molecular weight is 358 g/mol. The fourth-order valence-corrected chi connectivity index (χ4v) is 3.18. The number of carboxylic acid groups (broad SMARTS) is 2. The number of amides is 1. The monoisotopic (exact) mass is 358 g/mol. The van der Waals surface area contributed by atoms with Gasteiger partial charge in [-0.15, -0.1) is 0 Å². The number of hydrogen-bond acceptors (Lipinski definition) is 6. The highest BCUT2D eigenvalue weighted by atomic mass is 32.2. The number of ether oxygens (including phenoxy) is 1. The number of carbonyl (C=O) groups is 3. The second-order valence-corrected chi connectivity index (χ2v) is 6.73. The molecule has 11 heteroatoms. The molecule has 2 unspecified atom stereocenters. The first-order valence-electron chi connectivity index (χ1n) is 6.68. The van der Waals surface area contributed by atoms with Crippen LogP contribution in [0, 0.1) is 0 Å². The zero-order valence-corrected chi connectivity index (χ0v) is 13.2. The van der Waals surface area contributed by atoms with Crippen molar-refractivity contribution in [2.45, 2.75) is 30.4 Å². The topological polar surface area (TPSA) is 159 Å². The van der Waals surface area contributed by atoms with Crippen LogP contribution in [0.25, 0.3) is 0 Å². The lowest BCUT2D eigenvalue weighted by Crippen LogP contribution is -2.42. The van der Waals surface area contributed by atoms with Gasteiger partial charge in [0.15, 0.2) is 6.10 Å². The van der Waals surface area contributed by atoms with Gasteiger partial charge in [-0.2, -0.15) is 4.72 Å². The maximum atomic E-state index is 12.2. The minimum atomic E-state index is -4.32. The second kappa shape index (κ2) is 6.45. The molecule has 0 bridgehead atoms. The number of nitrogens with one attached hydrogen (secondary N) is 2. The van der Waals surface area contributed by atoms with Crippen molar-refractivity contribution in [3.05, 3.63) is 18.2 Å². The molecule has 10 nitrogen and oxygen atoms in total. The van der Waals surface area contributed by atoms with Gasteiger partial charge in [-0.3, -0.25) is 14.4 Å². The molecule has 0 saturated heterocycles. The normalized spacial score (nSPS) is 18.0. The first-order valence-corrected chi connectivity index (χ1v) is 8.17. The van der Waals surface area contributed by atoms with Crippen LogP contribution in [-0.2, 0) is 24.4 Å². The molecule has 0 aromatic heterocycles. The fraction of sp³-hybridized carbons (Fsp3) is 0.308. The van der Waals surface area contributed by atoms with Gasteiger partial charge in [-0.1, -0.05) is 0 Å². The molecule has 1 aliphatic rings. The lowest BCUT2D eigenvalue weighted by molar-refractivity contribution is -0.145. The number of hydrogen-bond donors (Lipinski definition) is 4. The van der Waals surface area contributed by atoms with Crippen molar-refractivity contribution in [2.75, 3.05) is 5.32 Å². The van der Waals surface area contributed by atoms with Crippen LogP contribution in [0.4, 0.5) is 5.69 Å². The third-order valence-electron chi connectivity index (χ3n) is 3.17. The van der Waals surface area contributed by atoms with Gasteiger partial charge in [0.1, 0.15) is 11.8 Å². The van der Waals surface area contributed by atoms with Gasteiger partial charge in [0, 0.05) is 0 Å². The Balaban J connectivity index is 2.30. The molecule has 0 saturated carbocycles. The number of aliphatic carboxylic acids is 2. The van der Waals surface area contributed by atoms with Gasteiger partial charge in [-0.25, -0.2) is 8.42 Å². The third kappa shape index (κ3) is 3.81. The zero-order valence-electron chi connectivity index (χ0n) is 12.3. The highest BCUT2D eigenvalue weighted by molar-refractivity contribution is 7.89. The Labute approximate surface area is 136 Å². The minimum Gasteiger partial charge on any atom is -0.481 e. The van der Waals surface area contributed by atoms with Crippen LogP contribution in [0.15, 0.2) is 23.1 Å². The predicted octanol–water partition coefficient (Wildman–Crippen LogP) is -0.388. The average Bonchev–Trinajstić information content (AvgIpc) is 2.46. The quantitative estimate of drug-likeness (QED) is 0.535. The van der Waals surface area contributed by atoms with Crippen molar-refractivity contribution in [1.29, 1.82) is 0 Å². The van der Waals surface area contributed by atoms with E-state index in [2.05, 4.69) is 5.32 Å². The maximum Gasteiger partial charge on any atom is 0.322 e. The molecule has 0 aliphatic carbocycles. The number of benzene rings is 1. The van der Waals surface area contributed by atoms with Crippen LogP contribution in [0.5, 0.6) is 5.75 Å². The van der Waals surface area contributed by atoms with Crippen LogP contribution in [0.3, 0.4) is 0 Å². The van der Waals surface area contributed by atoms with Crippen LogP contribution >= 0.6 is 0 Å². The number of carbonyl (C=O) groups excluding carboxylic acids is 1. The molecule has 0 spiro atoms. The van der Waals surface area contributed by atoms with Gasteiger partial charge in [0.2, 0.25) is 10.0 Å². The molecule has 1 aliphatic heterocycles. The van der Waals surface area contributed by atoms with E-state index in [0.717, 1.165) is 12.1 Å². The fourth-order valence-electron chi connectivity index (χ4n) is 1.96. The molecule has 0 radical (unpaired) electrons. The Bertz CT molecular complexity index is 804. The van der Waals surface area contributed by atoms with E-state index in [-0.39, 0.29) is 16.3 Å². The van der Waals surface area contributed by atoms with E-state index in [1.165, 1.54) is 13.0 Å². The summed E-state index contributed by atoms with van der Waals surface area (Å²) in [7, 11) is -4.32. The Morgan fingerprint density at radius 2 is 2.04 bits per heavy atom. The molecule has 1 amide bonds. The molecule has 130 valence electrons. The minimum absolute atomic E-state index is 0.117. The molecule has 24 heavy (non-hydrogen) atoms. The number of rotatable bonds is 6. The van der Waals surface area contributed by atoms with E-state index in [1.807, 2.05) is 0 Å². The summed E-state index contributed by atoms with van der Waals surface area (Å²) >= 11 is 0. The summed E-state index contributed by atoms with van der Waals surface area (Å²) < 4.78 is 31.6. The molecular formula is C13H14N2O8S. The molecule has 0 fully saturated rings. The Hall–Kier alpha value is -2.66. The van der Waals surface area contributed by atoms with Crippen LogP contribution < -0.4 is 14.8 Å². The molecule has 2 rings (SSSR count). The molecular weight excluding hydrogens is 344 g/mol. The smallest absolute Gasteiger partial charge is 0.322 e. The van der Waals surface area contributed by atoms with Gasteiger partial charge in [0.05, 0.1) is 17.0 Å². The lowest BCUT2D eigenvalue weighted by atomic mass is 10.2. The zero-order chi connectivity index (χ0) is 18.1. The lowest BCUT2D eigenvalue weighted by Gasteiger charge is -2.23. The molecule has 1 aromatic rings. The van der Waals surface area contributed by atoms with Gasteiger partial charge in [-0.05, 0) is 25.1 Å². The maximum absolute atomic E-state index is 12.2. The van der Waals surface area contributed by atoms with E-state index in [4.69, 9.17) is 14.9 Å². The number of anilines is 1. The van der Waals surface area contributed by atoms with E-state index >= 15 is 0 Å². The highest BCUT2D eigenvalue weighted by Gasteiger charge is 2.29. The summed E-state index contributed by atoms with van der Waals surface area (Å²) in [6.45, 7) is 1.52. The first kappa shape index (κ1) is 17.7. The van der Waals surface area contributed by atoms with E-state index < -0.39 is 46.4 Å². The van der Waals surface area contributed by atoms with Crippen LogP contribution in [-0.4, -0.2) is 48.6 Å². The van der Waals surface area contributed by atoms with Crippen molar-refractivity contribution in [2.24, 2.45) is 0 Å². The number of sulfonamides is 1. The van der Waals surface area contributed by atoms with Crippen LogP contribution in [0.1, 0.15) is 13.3 Å². The molecule has 2 atom stereocenters. The SMILES string of the molecule is CC1Oc2ccc(S(=O)(=O)NC(CC(=O)O)C(=O)O)cc2NC1=O. The Morgan fingerprint density at radius 3 is 2.62 bits per heavy atom. The Morgan fingerprint density at radius 1 is 1.38 bits per heavy atom. The van der Waals surface area contributed by atoms with E-state index in [1.54, 1.807) is 4.72 Å². The van der Waals surface area contributed by atoms with E-state index in [0.29, 0.717) is 0 Å². The van der Waals surface area contributed by atoms with Crippen molar-refractivity contribution < 1.29 is 37.8 Å². The van der Waals surface area contributed by atoms with Crippen molar-refractivity contribution in [3.63, 3.8) is 0 Å². The molecule has 1 heterocycles. The summed E-state index contributed by atoms with van der Waals surface area (Å²) in [5, 5.41) is 20.0. The second-order valence-electron chi connectivity index (χ2n) is 5.02. The van der Waals surface area contributed by atoms with E-state index in [9.17, 15) is 22.8 Å². The van der Waals surface area contributed by atoms with Crippen molar-refractivity contribution >= 4 is 33.6 Å². The number of carboxylic acids is 2. The summed E-state index contributed by atoms with van der Waals surface area (Å²) in [5.74, 6) is -3.28. The summed E-state index contributed by atoms with van der Waals surface area (Å²) in [6, 6.07) is 1.74. The van der Waals surface area contributed by atoms with Crippen molar-refractivity contribution in [1.82, 2.24) is 4.72 Å². The molecule has 1 aromatic carbocycles. The number of fused-ring (bicyclic) bond motifs is 1. The van der Waals surface area contributed by atoms with Gasteiger partial charge < -0.3 is 20.3 Å². The third-order valence-corrected chi connectivity index (χ3v) is 4.64. The Kier molecular flexibility index (Phi) is 4.76. The molecule has 4 N–H and O–H groups in total. The predicted molar refractivity (Wildman–Crippen MR) is 79.2 cm³/mol. The van der Waals surface area contributed by atoms with Gasteiger partial charge >= 0.3 is 11.9 Å². The standard InChI is InChI=1S/C13H14N2O8S/c1-6-12(18)14-8-4-7(2-3-10(8)23-6)24(21,22)15-9(13(19)20)5-11(16)17/h2-4,6,9,15H,5H2,1H3,(H,14,18)(H,16,17)(H,19,20). The summed E-state index contributed by atoms with van der Waals surface area (Å²) in [5.41, 5.74) is 0.117. The van der Waals surface area contributed by atoms with Crippen molar-refractivity contribution in [3.8, 4) is 5.75 Å². The summed E-state index contributed by atoms with van der Waals surface area (Å²) in [6.07, 6.45) is -1.65.